The van der Waals surface area contributed by atoms with Gasteiger partial charge in [0.1, 0.15) is 11.6 Å². The Morgan fingerprint density at radius 1 is 0.964 bits per heavy atom. The van der Waals surface area contributed by atoms with Crippen LogP contribution < -0.4 is 10.6 Å². The smallest absolute Gasteiger partial charge is 0.408 e. The average molecular weight is 384 g/mol. The third-order valence-corrected chi connectivity index (χ3v) is 3.82. The van der Waals surface area contributed by atoms with Crippen LogP contribution in [0.2, 0.25) is 0 Å². The van der Waals surface area contributed by atoms with E-state index in [1.165, 1.54) is 0 Å². The Morgan fingerprint density at radius 2 is 1.54 bits per heavy atom. The SMILES string of the molecule is C[C@@H](OCc1ccccc1)[C@@H](NC(=O)OC(C)(C)C)C(=O)Nc1ccccc1. The molecule has 0 fully saturated rings. The minimum atomic E-state index is -0.918. The molecule has 2 rings (SSSR count). The highest BCUT2D eigenvalue weighted by atomic mass is 16.6. The number of hydrogen-bond acceptors (Lipinski definition) is 4. The maximum Gasteiger partial charge on any atom is 0.408 e. The molecule has 2 N–H and O–H groups in total. The first-order chi connectivity index (χ1) is 13.2. The van der Waals surface area contributed by atoms with Gasteiger partial charge in [-0.05, 0) is 45.4 Å². The summed E-state index contributed by atoms with van der Waals surface area (Å²) in [4.78, 5) is 25.0. The predicted octanol–water partition coefficient (Wildman–Crippen LogP) is 4.12. The molecule has 0 bridgehead atoms. The molecule has 28 heavy (non-hydrogen) atoms. The maximum absolute atomic E-state index is 12.8. The van der Waals surface area contributed by atoms with Crippen molar-refractivity contribution in [1.29, 1.82) is 0 Å². The van der Waals surface area contributed by atoms with Gasteiger partial charge in [0.05, 0.1) is 12.7 Å². The molecule has 150 valence electrons. The molecule has 0 radical (unpaired) electrons. The molecule has 0 aliphatic carbocycles. The Labute approximate surface area is 166 Å². The molecule has 0 aliphatic heterocycles. The van der Waals surface area contributed by atoms with Crippen LogP contribution in [0.3, 0.4) is 0 Å². The number of benzene rings is 2. The molecular weight excluding hydrogens is 356 g/mol. The lowest BCUT2D eigenvalue weighted by molar-refractivity contribution is -0.122. The van der Waals surface area contributed by atoms with Crippen molar-refractivity contribution < 1.29 is 19.1 Å². The lowest BCUT2D eigenvalue weighted by Gasteiger charge is -2.27. The summed E-state index contributed by atoms with van der Waals surface area (Å²) in [5.41, 5.74) is 0.950. The number of alkyl carbamates (subject to hydrolysis) is 1. The second-order valence-corrected chi connectivity index (χ2v) is 7.48. The van der Waals surface area contributed by atoms with E-state index in [1.807, 2.05) is 48.5 Å². The zero-order valence-corrected chi connectivity index (χ0v) is 16.8. The molecule has 6 nitrogen and oxygen atoms in total. The van der Waals surface area contributed by atoms with Crippen LogP contribution in [0.4, 0.5) is 10.5 Å². The summed E-state index contributed by atoms with van der Waals surface area (Å²) in [6.07, 6.45) is -1.24. The lowest BCUT2D eigenvalue weighted by Crippen LogP contribution is -2.52. The summed E-state index contributed by atoms with van der Waals surface area (Å²) in [5.74, 6) is -0.377. The number of nitrogens with one attached hydrogen (secondary N) is 2. The van der Waals surface area contributed by atoms with Gasteiger partial charge in [-0.1, -0.05) is 48.5 Å². The molecule has 0 saturated heterocycles. The van der Waals surface area contributed by atoms with Gasteiger partial charge in [0.15, 0.2) is 0 Å². The summed E-state index contributed by atoms with van der Waals surface area (Å²) in [5, 5.41) is 5.43. The minimum Gasteiger partial charge on any atom is -0.444 e. The Morgan fingerprint density at radius 3 is 2.11 bits per heavy atom. The second-order valence-electron chi connectivity index (χ2n) is 7.48. The van der Waals surface area contributed by atoms with Gasteiger partial charge < -0.3 is 20.1 Å². The van der Waals surface area contributed by atoms with Crippen molar-refractivity contribution in [3.05, 3.63) is 66.2 Å². The topological polar surface area (TPSA) is 76.7 Å². The fourth-order valence-electron chi connectivity index (χ4n) is 2.47. The van der Waals surface area contributed by atoms with Crippen molar-refractivity contribution in [2.45, 2.75) is 52.0 Å². The molecule has 6 heteroatoms. The van der Waals surface area contributed by atoms with Crippen LogP contribution in [-0.2, 0) is 20.9 Å². The quantitative estimate of drug-likeness (QED) is 0.753. The molecule has 0 unspecified atom stereocenters. The van der Waals surface area contributed by atoms with Gasteiger partial charge in [-0.2, -0.15) is 0 Å². The van der Waals surface area contributed by atoms with E-state index >= 15 is 0 Å². The zero-order chi connectivity index (χ0) is 20.6. The van der Waals surface area contributed by atoms with Crippen LogP contribution in [0.25, 0.3) is 0 Å². The molecule has 0 aliphatic rings. The van der Waals surface area contributed by atoms with Crippen LogP contribution in [0.1, 0.15) is 33.3 Å². The van der Waals surface area contributed by atoms with E-state index in [-0.39, 0.29) is 5.91 Å². The van der Waals surface area contributed by atoms with Crippen molar-refractivity contribution in [1.82, 2.24) is 5.32 Å². The lowest BCUT2D eigenvalue weighted by atomic mass is 10.1. The van der Waals surface area contributed by atoms with E-state index in [0.717, 1.165) is 5.56 Å². The number of amides is 2. The molecule has 0 heterocycles. The van der Waals surface area contributed by atoms with Crippen molar-refractivity contribution in [2.24, 2.45) is 0 Å². The van der Waals surface area contributed by atoms with Crippen molar-refractivity contribution >= 4 is 17.7 Å². The van der Waals surface area contributed by atoms with Crippen LogP contribution in [0.15, 0.2) is 60.7 Å². The standard InChI is InChI=1S/C22H28N2O4/c1-16(27-15-17-11-7-5-8-12-17)19(24-21(26)28-22(2,3)4)20(25)23-18-13-9-6-10-14-18/h5-14,16,19H,15H2,1-4H3,(H,23,25)(H,24,26)/t16-,19-/m1/s1. The monoisotopic (exact) mass is 384 g/mol. The highest BCUT2D eigenvalue weighted by Gasteiger charge is 2.30. The van der Waals surface area contributed by atoms with Gasteiger partial charge in [0.25, 0.3) is 0 Å². The summed E-state index contributed by atoms with van der Waals surface area (Å²) >= 11 is 0. The van der Waals surface area contributed by atoms with Gasteiger partial charge in [-0.3, -0.25) is 4.79 Å². The second kappa shape index (κ2) is 9.90. The Balaban J connectivity index is 2.07. The fraction of sp³-hybridized carbons (Fsp3) is 0.364. The van der Waals surface area contributed by atoms with Crippen LogP contribution in [0, 0.1) is 0 Å². The number of hydrogen-bond donors (Lipinski definition) is 2. The Hall–Kier alpha value is -2.86. The number of carbonyl (C=O) groups excluding carboxylic acids is 2. The molecule has 0 aromatic heterocycles. The summed E-state index contributed by atoms with van der Waals surface area (Å²) in [6.45, 7) is 7.37. The highest BCUT2D eigenvalue weighted by Crippen LogP contribution is 2.12. The molecule has 0 saturated carbocycles. The van der Waals surface area contributed by atoms with Gasteiger partial charge in [-0.15, -0.1) is 0 Å². The largest absolute Gasteiger partial charge is 0.444 e. The number of ether oxygens (including phenoxy) is 2. The third kappa shape index (κ3) is 7.40. The minimum absolute atomic E-state index is 0.327. The predicted molar refractivity (Wildman–Crippen MR) is 109 cm³/mol. The first kappa shape index (κ1) is 21.4. The van der Waals surface area contributed by atoms with Crippen LogP contribution >= 0.6 is 0 Å². The molecule has 0 spiro atoms. The number of para-hydroxylation sites is 1. The number of rotatable bonds is 7. The maximum atomic E-state index is 12.8. The third-order valence-electron chi connectivity index (χ3n) is 3.82. The van der Waals surface area contributed by atoms with Crippen molar-refractivity contribution in [2.75, 3.05) is 5.32 Å². The van der Waals surface area contributed by atoms with Crippen molar-refractivity contribution in [3.8, 4) is 0 Å². The molecule has 2 amide bonds. The van der Waals surface area contributed by atoms with E-state index in [0.29, 0.717) is 12.3 Å². The molecular formula is C22H28N2O4. The zero-order valence-electron chi connectivity index (χ0n) is 16.8. The summed E-state index contributed by atoms with van der Waals surface area (Å²) in [6, 6.07) is 17.8. The van der Waals surface area contributed by atoms with Gasteiger partial charge in [-0.25, -0.2) is 4.79 Å². The summed E-state index contributed by atoms with van der Waals surface area (Å²) in [7, 11) is 0. The average Bonchev–Trinajstić information content (AvgIpc) is 2.64. The van der Waals surface area contributed by atoms with Gasteiger partial charge >= 0.3 is 6.09 Å². The summed E-state index contributed by atoms with van der Waals surface area (Å²) < 4.78 is 11.1. The Bertz CT molecular complexity index is 757. The first-order valence-electron chi connectivity index (χ1n) is 9.25. The van der Waals surface area contributed by atoms with Gasteiger partial charge in [0.2, 0.25) is 5.91 Å². The van der Waals surface area contributed by atoms with Crippen molar-refractivity contribution in [3.63, 3.8) is 0 Å². The number of anilines is 1. The van der Waals surface area contributed by atoms with E-state index in [9.17, 15) is 9.59 Å². The normalized spacial score (nSPS) is 13.3. The van der Waals surface area contributed by atoms with Gasteiger partial charge in [0, 0.05) is 5.69 Å². The fourth-order valence-corrected chi connectivity index (χ4v) is 2.47. The molecule has 2 aromatic rings. The van der Waals surface area contributed by atoms with Crippen LogP contribution in [-0.4, -0.2) is 29.7 Å². The number of carbonyl (C=O) groups is 2. The van der Waals surface area contributed by atoms with Crippen LogP contribution in [0.5, 0.6) is 0 Å². The highest BCUT2D eigenvalue weighted by molar-refractivity contribution is 5.97. The van der Waals surface area contributed by atoms with E-state index in [2.05, 4.69) is 10.6 Å². The van der Waals surface area contributed by atoms with E-state index < -0.39 is 23.8 Å². The molecule has 2 atom stereocenters. The van der Waals surface area contributed by atoms with E-state index in [1.54, 1.807) is 39.8 Å². The van der Waals surface area contributed by atoms with E-state index in [4.69, 9.17) is 9.47 Å². The molecule has 2 aromatic carbocycles. The Kier molecular flexibility index (Phi) is 7.58. The first-order valence-corrected chi connectivity index (χ1v) is 9.25.